The molecule has 0 saturated carbocycles. The number of nitrogens with zero attached hydrogens (tertiary/aromatic N) is 2. The molecule has 0 aliphatic carbocycles. The van der Waals surface area contributed by atoms with Gasteiger partial charge in [-0.05, 0) is 49.8 Å². The van der Waals surface area contributed by atoms with Crippen LogP contribution in [0.1, 0.15) is 31.0 Å². The van der Waals surface area contributed by atoms with Crippen LogP contribution in [0.5, 0.6) is 17.2 Å². The average molecular weight is 559 g/mol. The predicted octanol–water partition coefficient (Wildman–Crippen LogP) is 3.28. The fraction of sp³-hybridized carbons (Fsp3) is 0.240. The van der Waals surface area contributed by atoms with E-state index in [-0.39, 0.29) is 23.7 Å². The first-order valence-electron chi connectivity index (χ1n) is 10.7. The van der Waals surface area contributed by atoms with Crippen molar-refractivity contribution in [2.75, 3.05) is 20.8 Å². The molecule has 182 valence electrons. The maximum absolute atomic E-state index is 13.7. The molecular formula is C25H23BrN2O6S. The van der Waals surface area contributed by atoms with E-state index < -0.39 is 12.0 Å². The molecule has 2 aromatic carbocycles. The number of hydrogen-bond donors (Lipinski definition) is 1. The molecule has 0 saturated heterocycles. The number of allylic oxidation sites excluding steroid dienone is 1. The monoisotopic (exact) mass is 558 g/mol. The smallest absolute Gasteiger partial charge is 0.338 e. The lowest BCUT2D eigenvalue weighted by molar-refractivity contribution is -0.139. The summed E-state index contributed by atoms with van der Waals surface area (Å²) in [5, 5.41) is 10.6. The maximum Gasteiger partial charge on any atom is 0.338 e. The van der Waals surface area contributed by atoms with Crippen LogP contribution in [0.2, 0.25) is 0 Å². The Balaban J connectivity index is 1.96. The SMILES string of the molecule is CCOC(=O)C1=C(C)N=c2sc(=Cc3cc(Br)cc(OC)c3O)c(=O)n2C1c1ccc(OC)cc1. The summed E-state index contributed by atoms with van der Waals surface area (Å²) >= 11 is 4.57. The van der Waals surface area contributed by atoms with Gasteiger partial charge < -0.3 is 19.3 Å². The third-order valence-corrected chi connectivity index (χ3v) is 6.97. The van der Waals surface area contributed by atoms with Crippen molar-refractivity contribution in [1.29, 1.82) is 0 Å². The number of thiazole rings is 1. The van der Waals surface area contributed by atoms with Crippen molar-refractivity contribution in [2.45, 2.75) is 19.9 Å². The van der Waals surface area contributed by atoms with Crippen LogP contribution >= 0.6 is 27.3 Å². The molecule has 10 heteroatoms. The number of aromatic hydroxyl groups is 1. The first kappa shape index (κ1) is 24.7. The molecule has 0 amide bonds. The average Bonchev–Trinajstić information content (AvgIpc) is 3.14. The number of phenols is 1. The molecular weight excluding hydrogens is 536 g/mol. The van der Waals surface area contributed by atoms with E-state index in [0.717, 1.165) is 0 Å². The fourth-order valence-electron chi connectivity index (χ4n) is 3.89. The molecule has 2 heterocycles. The van der Waals surface area contributed by atoms with Crippen LogP contribution in [0, 0.1) is 0 Å². The Morgan fingerprint density at radius 2 is 1.94 bits per heavy atom. The molecule has 0 spiro atoms. The van der Waals surface area contributed by atoms with Gasteiger partial charge in [0.15, 0.2) is 16.3 Å². The van der Waals surface area contributed by atoms with E-state index in [2.05, 4.69) is 20.9 Å². The Bertz CT molecular complexity index is 1500. The van der Waals surface area contributed by atoms with E-state index in [4.69, 9.17) is 14.2 Å². The highest BCUT2D eigenvalue weighted by Gasteiger charge is 2.33. The normalized spacial score (nSPS) is 15.5. The Hall–Kier alpha value is -3.37. The van der Waals surface area contributed by atoms with Gasteiger partial charge in [0, 0.05) is 10.0 Å². The minimum absolute atomic E-state index is 0.0865. The minimum atomic E-state index is -0.732. The highest BCUT2D eigenvalue weighted by molar-refractivity contribution is 9.10. The molecule has 1 unspecified atom stereocenters. The summed E-state index contributed by atoms with van der Waals surface area (Å²) in [6, 6.07) is 9.75. The minimum Gasteiger partial charge on any atom is -0.504 e. The fourth-order valence-corrected chi connectivity index (χ4v) is 5.39. The number of aromatic nitrogens is 1. The van der Waals surface area contributed by atoms with Gasteiger partial charge in [0.05, 0.1) is 42.7 Å². The predicted molar refractivity (Wildman–Crippen MR) is 136 cm³/mol. The molecule has 3 aromatic rings. The lowest BCUT2D eigenvalue weighted by Gasteiger charge is -2.24. The van der Waals surface area contributed by atoms with Crippen LogP contribution in [0.15, 0.2) is 61.9 Å². The Kier molecular flexibility index (Phi) is 7.13. The summed E-state index contributed by atoms with van der Waals surface area (Å²) in [6.07, 6.45) is 1.58. The molecule has 1 atom stereocenters. The number of esters is 1. The zero-order valence-corrected chi connectivity index (χ0v) is 21.9. The summed E-state index contributed by atoms with van der Waals surface area (Å²) in [5.74, 6) is 0.309. The third kappa shape index (κ3) is 4.63. The van der Waals surface area contributed by atoms with Gasteiger partial charge in [0.2, 0.25) is 0 Å². The van der Waals surface area contributed by atoms with Gasteiger partial charge in [-0.2, -0.15) is 0 Å². The Labute approximate surface area is 213 Å². The molecule has 1 N–H and O–H groups in total. The molecule has 4 rings (SSSR count). The van der Waals surface area contributed by atoms with Crippen LogP contribution in [-0.2, 0) is 9.53 Å². The number of ether oxygens (including phenoxy) is 3. The number of methoxy groups -OCH3 is 2. The largest absolute Gasteiger partial charge is 0.504 e. The van der Waals surface area contributed by atoms with Crippen molar-refractivity contribution in [2.24, 2.45) is 4.99 Å². The lowest BCUT2D eigenvalue weighted by Crippen LogP contribution is -2.39. The number of phenolic OH excluding ortho intramolecular Hbond substituents is 1. The molecule has 35 heavy (non-hydrogen) atoms. The summed E-state index contributed by atoms with van der Waals surface area (Å²) in [4.78, 5) is 31.6. The molecule has 0 radical (unpaired) electrons. The van der Waals surface area contributed by atoms with Crippen molar-refractivity contribution in [3.63, 3.8) is 0 Å². The van der Waals surface area contributed by atoms with Crippen LogP contribution in [0.4, 0.5) is 0 Å². The number of halogens is 1. The van der Waals surface area contributed by atoms with Gasteiger partial charge in [-0.1, -0.05) is 39.4 Å². The maximum atomic E-state index is 13.7. The summed E-state index contributed by atoms with van der Waals surface area (Å²) < 4.78 is 18.3. The first-order valence-corrected chi connectivity index (χ1v) is 12.3. The van der Waals surface area contributed by atoms with E-state index >= 15 is 0 Å². The number of carbonyl (C=O) groups is 1. The van der Waals surface area contributed by atoms with Gasteiger partial charge in [-0.15, -0.1) is 0 Å². The Morgan fingerprint density at radius 1 is 1.23 bits per heavy atom. The van der Waals surface area contributed by atoms with Crippen LogP contribution in [0.3, 0.4) is 0 Å². The number of carbonyl (C=O) groups excluding carboxylic acids is 1. The van der Waals surface area contributed by atoms with Crippen molar-refractivity contribution in [1.82, 2.24) is 4.57 Å². The van der Waals surface area contributed by atoms with Crippen molar-refractivity contribution in [3.05, 3.63) is 83.0 Å². The standard InChI is InChI=1S/C25H23BrN2O6S/c1-5-34-24(31)20-13(2)27-25-28(21(20)14-6-8-17(32-3)9-7-14)23(30)19(35-25)11-15-10-16(26)12-18(33-4)22(15)29/h6-12,21,29H,5H2,1-4H3. The van der Waals surface area contributed by atoms with E-state index in [0.29, 0.717) is 42.0 Å². The second-order valence-corrected chi connectivity index (χ2v) is 9.55. The van der Waals surface area contributed by atoms with Crippen LogP contribution in [0.25, 0.3) is 6.08 Å². The molecule has 1 aliphatic rings. The van der Waals surface area contributed by atoms with E-state index in [9.17, 15) is 14.7 Å². The molecule has 0 bridgehead atoms. The summed E-state index contributed by atoms with van der Waals surface area (Å²) in [7, 11) is 3.02. The first-order chi connectivity index (χ1) is 16.8. The zero-order chi connectivity index (χ0) is 25.3. The molecule has 1 aromatic heterocycles. The van der Waals surface area contributed by atoms with E-state index in [1.54, 1.807) is 51.3 Å². The topological polar surface area (TPSA) is 99.4 Å². The van der Waals surface area contributed by atoms with Gasteiger partial charge in [0.1, 0.15) is 5.75 Å². The van der Waals surface area contributed by atoms with Gasteiger partial charge in [-0.3, -0.25) is 9.36 Å². The molecule has 0 fully saturated rings. The lowest BCUT2D eigenvalue weighted by atomic mass is 9.96. The Morgan fingerprint density at radius 3 is 2.57 bits per heavy atom. The van der Waals surface area contributed by atoms with Gasteiger partial charge in [0.25, 0.3) is 5.56 Å². The van der Waals surface area contributed by atoms with Crippen molar-refractivity contribution in [3.8, 4) is 17.2 Å². The van der Waals surface area contributed by atoms with Gasteiger partial charge >= 0.3 is 5.97 Å². The quantitative estimate of drug-likeness (QED) is 0.466. The number of rotatable bonds is 6. The number of benzene rings is 2. The second kappa shape index (κ2) is 10.1. The van der Waals surface area contributed by atoms with Crippen molar-refractivity contribution >= 4 is 39.3 Å². The highest BCUT2D eigenvalue weighted by atomic mass is 79.9. The molecule has 1 aliphatic heterocycles. The number of fused-ring (bicyclic) bond motifs is 1. The third-order valence-electron chi connectivity index (χ3n) is 5.52. The van der Waals surface area contributed by atoms with Crippen molar-refractivity contribution < 1.29 is 24.1 Å². The van der Waals surface area contributed by atoms with E-state index in [1.165, 1.54) is 23.0 Å². The van der Waals surface area contributed by atoms with E-state index in [1.807, 2.05) is 12.1 Å². The number of hydrogen-bond acceptors (Lipinski definition) is 8. The zero-order valence-electron chi connectivity index (χ0n) is 19.5. The second-order valence-electron chi connectivity index (χ2n) is 7.62. The van der Waals surface area contributed by atoms with Gasteiger partial charge in [-0.25, -0.2) is 9.79 Å². The summed E-state index contributed by atoms with van der Waals surface area (Å²) in [5.41, 5.74) is 1.54. The highest BCUT2D eigenvalue weighted by Crippen LogP contribution is 2.34. The summed E-state index contributed by atoms with van der Waals surface area (Å²) in [6.45, 7) is 3.65. The van der Waals surface area contributed by atoms with Crippen LogP contribution < -0.4 is 24.4 Å². The molecule has 8 nitrogen and oxygen atoms in total. The van der Waals surface area contributed by atoms with Crippen LogP contribution in [-0.4, -0.2) is 36.5 Å².